The molecule has 0 saturated heterocycles. The van der Waals surface area contributed by atoms with E-state index < -0.39 is 10.0 Å². The van der Waals surface area contributed by atoms with Crippen LogP contribution in [-0.2, 0) is 14.8 Å². The van der Waals surface area contributed by atoms with E-state index in [0.717, 1.165) is 18.6 Å². The monoisotopic (exact) mass is 466 g/mol. The van der Waals surface area contributed by atoms with Crippen LogP contribution in [-0.4, -0.2) is 27.0 Å². The van der Waals surface area contributed by atoms with Crippen LogP contribution in [0, 0.1) is 0 Å². The molecule has 2 aromatic carbocycles. The molecule has 150 valence electrons. The number of rotatable bonds is 8. The van der Waals surface area contributed by atoms with Crippen molar-refractivity contribution in [2.45, 2.75) is 43.1 Å². The van der Waals surface area contributed by atoms with E-state index in [0.29, 0.717) is 10.2 Å². The maximum absolute atomic E-state index is 12.3. The van der Waals surface area contributed by atoms with Gasteiger partial charge in [-0.05, 0) is 56.0 Å². The van der Waals surface area contributed by atoms with Crippen molar-refractivity contribution in [3.8, 4) is 5.75 Å². The van der Waals surface area contributed by atoms with E-state index in [1.54, 1.807) is 24.3 Å². The van der Waals surface area contributed by atoms with Crippen LogP contribution < -0.4 is 14.8 Å². The first-order valence-corrected chi connectivity index (χ1v) is 11.5. The smallest absolute Gasteiger partial charge is 0.240 e. The predicted octanol–water partition coefficient (Wildman–Crippen LogP) is 4.08. The van der Waals surface area contributed by atoms with Gasteiger partial charge < -0.3 is 10.1 Å². The molecule has 0 aliphatic heterocycles. The summed E-state index contributed by atoms with van der Waals surface area (Å²) in [6.07, 6.45) is 4.79. The minimum absolute atomic E-state index is 0.0128. The highest BCUT2D eigenvalue weighted by atomic mass is 79.9. The Morgan fingerprint density at radius 3 is 2.61 bits per heavy atom. The van der Waals surface area contributed by atoms with Crippen LogP contribution in [0.5, 0.6) is 5.75 Å². The average Bonchev–Trinajstić information content (AvgIpc) is 3.15. The third kappa shape index (κ3) is 6.05. The number of hydrogen-bond acceptors (Lipinski definition) is 4. The van der Waals surface area contributed by atoms with Gasteiger partial charge in [0.1, 0.15) is 5.75 Å². The molecule has 0 aromatic heterocycles. The van der Waals surface area contributed by atoms with Crippen molar-refractivity contribution in [3.63, 3.8) is 0 Å². The molecule has 0 spiro atoms. The summed E-state index contributed by atoms with van der Waals surface area (Å²) in [6, 6.07) is 13.7. The van der Waals surface area contributed by atoms with Gasteiger partial charge >= 0.3 is 0 Å². The number of nitrogens with one attached hydrogen (secondary N) is 2. The Morgan fingerprint density at radius 1 is 1.11 bits per heavy atom. The number of hydrogen-bond donors (Lipinski definition) is 2. The van der Waals surface area contributed by atoms with Gasteiger partial charge in [0.2, 0.25) is 15.9 Å². The van der Waals surface area contributed by atoms with Crippen LogP contribution in [0.4, 0.5) is 5.69 Å². The summed E-state index contributed by atoms with van der Waals surface area (Å²) >= 11 is 3.25. The zero-order valence-corrected chi connectivity index (χ0v) is 17.8. The third-order valence-corrected chi connectivity index (χ3v) is 6.43. The number of ether oxygens (including phenoxy) is 1. The van der Waals surface area contributed by atoms with Crippen molar-refractivity contribution in [3.05, 3.63) is 53.0 Å². The predicted molar refractivity (Wildman–Crippen MR) is 112 cm³/mol. The van der Waals surface area contributed by atoms with Gasteiger partial charge in [-0.3, -0.25) is 4.79 Å². The summed E-state index contributed by atoms with van der Waals surface area (Å²) in [5.74, 6) is 0.468. The standard InChI is InChI=1S/C20H23BrN2O4S/c21-15-5-3-10-19(13-15)28(25,26)22-12-11-20(24)23-16-6-4-9-18(14-16)27-17-7-1-2-8-17/h3-6,9-10,13-14,17,22H,1-2,7-8,11-12H2,(H,23,24). The third-order valence-electron chi connectivity index (χ3n) is 4.47. The van der Waals surface area contributed by atoms with Crippen molar-refractivity contribution >= 4 is 37.5 Å². The summed E-state index contributed by atoms with van der Waals surface area (Å²) in [5, 5.41) is 2.78. The Morgan fingerprint density at radius 2 is 1.86 bits per heavy atom. The van der Waals surface area contributed by atoms with Gasteiger partial charge in [0, 0.05) is 29.2 Å². The van der Waals surface area contributed by atoms with E-state index >= 15 is 0 Å². The van der Waals surface area contributed by atoms with Gasteiger partial charge in [-0.15, -0.1) is 0 Å². The van der Waals surface area contributed by atoms with Crippen LogP contribution in [0.1, 0.15) is 32.1 Å². The minimum Gasteiger partial charge on any atom is -0.490 e. The molecule has 8 heteroatoms. The summed E-state index contributed by atoms with van der Waals surface area (Å²) in [5.41, 5.74) is 0.635. The van der Waals surface area contributed by atoms with Gasteiger partial charge in [0.25, 0.3) is 0 Å². The van der Waals surface area contributed by atoms with Gasteiger partial charge in [0.05, 0.1) is 11.0 Å². The first kappa shape index (κ1) is 20.8. The largest absolute Gasteiger partial charge is 0.490 e. The fourth-order valence-electron chi connectivity index (χ4n) is 3.09. The summed E-state index contributed by atoms with van der Waals surface area (Å²) in [7, 11) is -3.65. The van der Waals surface area contributed by atoms with E-state index in [4.69, 9.17) is 4.74 Å². The number of anilines is 1. The molecular formula is C20H23BrN2O4S. The maximum atomic E-state index is 12.3. The molecule has 3 rings (SSSR count). The number of halogens is 1. The van der Waals surface area contributed by atoms with Crippen LogP contribution >= 0.6 is 15.9 Å². The molecule has 0 bridgehead atoms. The summed E-state index contributed by atoms with van der Waals surface area (Å²) in [4.78, 5) is 12.3. The topological polar surface area (TPSA) is 84.5 Å². The molecule has 28 heavy (non-hydrogen) atoms. The second-order valence-corrected chi connectivity index (χ2v) is 9.39. The van der Waals surface area contributed by atoms with Gasteiger partial charge in [0.15, 0.2) is 0 Å². The lowest BCUT2D eigenvalue weighted by Crippen LogP contribution is -2.27. The van der Waals surface area contributed by atoms with Crippen molar-refractivity contribution < 1.29 is 17.9 Å². The number of carbonyl (C=O) groups excluding carboxylic acids is 1. The highest BCUT2D eigenvalue weighted by Gasteiger charge is 2.17. The average molecular weight is 467 g/mol. The molecule has 1 amide bonds. The second-order valence-electron chi connectivity index (χ2n) is 6.71. The summed E-state index contributed by atoms with van der Waals surface area (Å²) < 4.78 is 33.6. The van der Waals surface area contributed by atoms with Crippen LogP contribution in [0.25, 0.3) is 0 Å². The lowest BCUT2D eigenvalue weighted by atomic mass is 10.2. The molecule has 0 heterocycles. The van der Waals surface area contributed by atoms with Gasteiger partial charge in [-0.1, -0.05) is 28.1 Å². The van der Waals surface area contributed by atoms with E-state index in [-0.39, 0.29) is 29.9 Å². The lowest BCUT2D eigenvalue weighted by molar-refractivity contribution is -0.116. The fourth-order valence-corrected chi connectivity index (χ4v) is 4.71. The molecule has 1 aliphatic rings. The molecule has 0 radical (unpaired) electrons. The van der Waals surface area contributed by atoms with Crippen molar-refractivity contribution in [2.24, 2.45) is 0 Å². The van der Waals surface area contributed by atoms with Crippen molar-refractivity contribution in [2.75, 3.05) is 11.9 Å². The molecule has 0 atom stereocenters. The quantitative estimate of drug-likeness (QED) is 0.613. The van der Waals surface area contributed by atoms with Gasteiger partial charge in [-0.25, -0.2) is 13.1 Å². The molecule has 1 aliphatic carbocycles. The number of sulfonamides is 1. The van der Waals surface area contributed by atoms with Crippen LogP contribution in [0.15, 0.2) is 57.9 Å². The SMILES string of the molecule is O=C(CCNS(=O)(=O)c1cccc(Br)c1)Nc1cccc(OC2CCCC2)c1. The summed E-state index contributed by atoms with van der Waals surface area (Å²) in [6.45, 7) is 0.0128. The van der Waals surface area contributed by atoms with Crippen LogP contribution in [0.3, 0.4) is 0 Å². The molecular weight excluding hydrogens is 444 g/mol. The molecule has 0 unspecified atom stereocenters. The first-order valence-electron chi connectivity index (χ1n) is 9.24. The maximum Gasteiger partial charge on any atom is 0.240 e. The Balaban J connectivity index is 1.49. The molecule has 6 nitrogen and oxygen atoms in total. The lowest BCUT2D eigenvalue weighted by Gasteiger charge is -2.14. The second kappa shape index (κ2) is 9.54. The molecule has 1 saturated carbocycles. The molecule has 1 fully saturated rings. The number of amides is 1. The van der Waals surface area contributed by atoms with E-state index in [1.165, 1.54) is 25.0 Å². The molecule has 2 aromatic rings. The van der Waals surface area contributed by atoms with E-state index in [2.05, 4.69) is 26.0 Å². The van der Waals surface area contributed by atoms with E-state index in [1.807, 2.05) is 12.1 Å². The normalized spacial score (nSPS) is 14.8. The Hall–Kier alpha value is -1.90. The fraction of sp³-hybridized carbons (Fsp3) is 0.350. The van der Waals surface area contributed by atoms with Crippen LogP contribution in [0.2, 0.25) is 0 Å². The molecule has 2 N–H and O–H groups in total. The minimum atomic E-state index is -3.65. The van der Waals surface area contributed by atoms with Crippen molar-refractivity contribution in [1.29, 1.82) is 0 Å². The Bertz CT molecular complexity index is 927. The highest BCUT2D eigenvalue weighted by Crippen LogP contribution is 2.25. The highest BCUT2D eigenvalue weighted by molar-refractivity contribution is 9.10. The van der Waals surface area contributed by atoms with E-state index in [9.17, 15) is 13.2 Å². The first-order chi connectivity index (χ1) is 13.4. The Kier molecular flexibility index (Phi) is 7.09. The zero-order chi connectivity index (χ0) is 20.0. The zero-order valence-electron chi connectivity index (χ0n) is 15.4. The van der Waals surface area contributed by atoms with Crippen molar-refractivity contribution in [1.82, 2.24) is 4.72 Å². The number of carbonyl (C=O) groups is 1. The Labute approximate surface area is 173 Å². The number of benzene rings is 2. The van der Waals surface area contributed by atoms with Gasteiger partial charge in [-0.2, -0.15) is 0 Å².